The number of carbonyl (C=O) groups excluding carboxylic acids is 1. The Kier molecular flexibility index (Phi) is 3.63. The molecule has 1 aromatic heterocycles. The van der Waals surface area contributed by atoms with Crippen LogP contribution >= 0.6 is 0 Å². The Morgan fingerprint density at radius 1 is 1.28 bits per heavy atom. The lowest BCUT2D eigenvalue weighted by molar-refractivity contribution is -0.144. The number of esters is 1. The highest BCUT2D eigenvalue weighted by Crippen LogP contribution is 2.49. The van der Waals surface area contributed by atoms with E-state index in [9.17, 15) is 4.79 Å². The highest BCUT2D eigenvalue weighted by Gasteiger charge is 2.45. The minimum Gasteiger partial charge on any atom is -0.466 e. The number of carbonyl (C=O) groups is 1. The molecule has 2 bridgehead atoms. The molecule has 4 heteroatoms. The van der Waals surface area contributed by atoms with Crippen molar-refractivity contribution in [1.29, 1.82) is 0 Å². The van der Waals surface area contributed by atoms with Gasteiger partial charge in [-0.2, -0.15) is 0 Å². The highest BCUT2D eigenvalue weighted by atomic mass is 16.5. The Labute approximate surface area is 148 Å². The van der Waals surface area contributed by atoms with Crippen molar-refractivity contribution in [2.24, 2.45) is 11.8 Å². The number of hydrogen-bond acceptors (Lipinski definition) is 3. The first-order chi connectivity index (χ1) is 12.2. The zero-order chi connectivity index (χ0) is 17.0. The van der Waals surface area contributed by atoms with E-state index < -0.39 is 0 Å². The Hall–Kier alpha value is -1.81. The van der Waals surface area contributed by atoms with Gasteiger partial charge in [-0.25, -0.2) is 0 Å². The summed E-state index contributed by atoms with van der Waals surface area (Å²) >= 11 is 0. The average molecular weight is 338 g/mol. The van der Waals surface area contributed by atoms with Crippen molar-refractivity contribution in [3.8, 4) is 0 Å². The Morgan fingerprint density at radius 2 is 2.16 bits per heavy atom. The van der Waals surface area contributed by atoms with Crippen LogP contribution in [0.2, 0.25) is 0 Å². The van der Waals surface area contributed by atoms with E-state index >= 15 is 0 Å². The first-order valence-electron chi connectivity index (χ1n) is 9.69. The molecule has 1 aliphatic carbocycles. The van der Waals surface area contributed by atoms with Crippen LogP contribution < -0.4 is 0 Å². The van der Waals surface area contributed by atoms with E-state index in [1.807, 2.05) is 0 Å². The number of nitrogens with one attached hydrogen (secondary N) is 1. The molecule has 0 spiro atoms. The van der Waals surface area contributed by atoms with Gasteiger partial charge in [0.25, 0.3) is 0 Å². The van der Waals surface area contributed by atoms with E-state index in [-0.39, 0.29) is 5.97 Å². The quantitative estimate of drug-likeness (QED) is 0.847. The second-order valence-corrected chi connectivity index (χ2v) is 8.09. The van der Waals surface area contributed by atoms with E-state index in [4.69, 9.17) is 4.74 Å². The number of piperidine rings is 1. The van der Waals surface area contributed by atoms with Crippen LogP contribution in [-0.2, 0) is 16.0 Å². The molecule has 1 saturated heterocycles. The fourth-order valence-corrected chi connectivity index (χ4v) is 5.65. The maximum Gasteiger partial charge on any atom is 0.302 e. The minimum atomic E-state index is -0.143. The van der Waals surface area contributed by atoms with Gasteiger partial charge in [-0.3, -0.25) is 9.69 Å². The van der Waals surface area contributed by atoms with E-state index in [0.29, 0.717) is 30.5 Å². The van der Waals surface area contributed by atoms with Crippen LogP contribution in [0.15, 0.2) is 24.3 Å². The summed E-state index contributed by atoms with van der Waals surface area (Å²) in [5.74, 6) is 1.07. The molecule has 4 atom stereocenters. The molecule has 132 valence electrons. The van der Waals surface area contributed by atoms with Gasteiger partial charge in [0.15, 0.2) is 0 Å². The SMILES string of the molecule is CC(=O)OC[C@H]1CC[C@@H]2C[C@H]1C[C@@H]1c3[nH]c4ccccc4c3CCN21. The molecule has 0 unspecified atom stereocenters. The third kappa shape index (κ3) is 2.50. The molecule has 0 radical (unpaired) electrons. The molecule has 2 aliphatic heterocycles. The number of nitrogens with zero attached hydrogens (tertiary/aromatic N) is 1. The number of H-pyrrole nitrogens is 1. The summed E-state index contributed by atoms with van der Waals surface area (Å²) in [6.45, 7) is 3.32. The smallest absolute Gasteiger partial charge is 0.302 e. The molecule has 1 N–H and O–H groups in total. The van der Waals surface area contributed by atoms with Gasteiger partial charge in [-0.1, -0.05) is 18.2 Å². The fraction of sp³-hybridized carbons (Fsp3) is 0.571. The largest absolute Gasteiger partial charge is 0.466 e. The lowest BCUT2D eigenvalue weighted by Crippen LogP contribution is -2.52. The van der Waals surface area contributed by atoms with Crippen molar-refractivity contribution in [2.45, 2.75) is 51.1 Å². The van der Waals surface area contributed by atoms with Crippen molar-refractivity contribution >= 4 is 16.9 Å². The molecule has 0 amide bonds. The Morgan fingerprint density at radius 3 is 3.04 bits per heavy atom. The van der Waals surface area contributed by atoms with Crippen LogP contribution in [0.5, 0.6) is 0 Å². The molecule has 5 rings (SSSR count). The number of benzene rings is 1. The van der Waals surface area contributed by atoms with Crippen LogP contribution in [-0.4, -0.2) is 35.0 Å². The normalized spacial score (nSPS) is 31.4. The summed E-state index contributed by atoms with van der Waals surface area (Å²) < 4.78 is 5.37. The standard InChI is InChI=1S/C21H26N2O2/c1-13(24)25-12-14-6-7-16-10-15(14)11-20-21-18(8-9-23(16)20)17-4-2-3-5-19(17)22-21/h2-5,14-16,20,22H,6-12H2,1H3/t14-,15+,16-,20-/m1/s1. The number of aromatic amines is 1. The third-order valence-corrected chi connectivity index (χ3v) is 6.81. The summed E-state index contributed by atoms with van der Waals surface area (Å²) in [7, 11) is 0. The Balaban J connectivity index is 1.46. The van der Waals surface area contributed by atoms with Crippen molar-refractivity contribution in [3.05, 3.63) is 35.5 Å². The van der Waals surface area contributed by atoms with Gasteiger partial charge < -0.3 is 9.72 Å². The third-order valence-electron chi connectivity index (χ3n) is 6.81. The van der Waals surface area contributed by atoms with Gasteiger partial charge >= 0.3 is 5.97 Å². The predicted octanol–water partition coefficient (Wildman–Crippen LogP) is 3.82. The van der Waals surface area contributed by atoms with Crippen LogP contribution in [0.3, 0.4) is 0 Å². The first-order valence-corrected chi connectivity index (χ1v) is 9.69. The zero-order valence-corrected chi connectivity index (χ0v) is 14.8. The number of hydrogen-bond donors (Lipinski definition) is 1. The van der Waals surface area contributed by atoms with Crippen molar-refractivity contribution < 1.29 is 9.53 Å². The summed E-state index contributed by atoms with van der Waals surface area (Å²) in [6, 6.07) is 9.94. The molecular formula is C21H26N2O2. The number of para-hydroxylation sites is 1. The predicted molar refractivity (Wildman–Crippen MR) is 97.3 cm³/mol. The maximum absolute atomic E-state index is 11.2. The van der Waals surface area contributed by atoms with E-state index in [0.717, 1.165) is 6.42 Å². The van der Waals surface area contributed by atoms with Gasteiger partial charge in [0.1, 0.15) is 0 Å². The minimum absolute atomic E-state index is 0.143. The van der Waals surface area contributed by atoms with Crippen LogP contribution in [0.25, 0.3) is 10.9 Å². The van der Waals surface area contributed by atoms with Gasteiger partial charge in [0.2, 0.25) is 0 Å². The van der Waals surface area contributed by atoms with Crippen molar-refractivity contribution in [3.63, 3.8) is 0 Å². The molecule has 3 aliphatic rings. The zero-order valence-electron chi connectivity index (χ0n) is 14.8. The fourth-order valence-electron chi connectivity index (χ4n) is 5.65. The van der Waals surface area contributed by atoms with E-state index in [1.165, 1.54) is 61.3 Å². The lowest BCUT2D eigenvalue weighted by Gasteiger charge is -2.52. The second kappa shape index (κ2) is 5.87. The first kappa shape index (κ1) is 15.4. The molecule has 3 heterocycles. The molecule has 2 fully saturated rings. The van der Waals surface area contributed by atoms with Crippen LogP contribution in [0.4, 0.5) is 0 Å². The van der Waals surface area contributed by atoms with Gasteiger partial charge in [0, 0.05) is 36.1 Å². The lowest BCUT2D eigenvalue weighted by atomic mass is 9.69. The summed E-state index contributed by atoms with van der Waals surface area (Å²) in [5.41, 5.74) is 4.27. The van der Waals surface area contributed by atoms with Gasteiger partial charge in [-0.15, -0.1) is 0 Å². The molecule has 1 saturated carbocycles. The Bertz CT molecular complexity index is 811. The number of rotatable bonds is 2. The summed E-state index contributed by atoms with van der Waals surface area (Å²) in [6.07, 6.45) is 6.08. The highest BCUT2D eigenvalue weighted by molar-refractivity contribution is 5.85. The van der Waals surface area contributed by atoms with Crippen molar-refractivity contribution in [2.75, 3.05) is 13.2 Å². The maximum atomic E-state index is 11.2. The monoisotopic (exact) mass is 338 g/mol. The number of aromatic nitrogens is 1. The van der Waals surface area contributed by atoms with Crippen LogP contribution in [0, 0.1) is 11.8 Å². The topological polar surface area (TPSA) is 45.3 Å². The van der Waals surface area contributed by atoms with E-state index in [2.05, 4.69) is 34.1 Å². The number of fused-ring (bicyclic) bond motifs is 8. The van der Waals surface area contributed by atoms with E-state index in [1.54, 1.807) is 0 Å². The van der Waals surface area contributed by atoms with Gasteiger partial charge in [0.05, 0.1) is 12.6 Å². The molecule has 2 aromatic rings. The van der Waals surface area contributed by atoms with Crippen molar-refractivity contribution in [1.82, 2.24) is 9.88 Å². The molecular weight excluding hydrogens is 312 g/mol. The summed E-state index contributed by atoms with van der Waals surface area (Å²) in [4.78, 5) is 17.7. The summed E-state index contributed by atoms with van der Waals surface area (Å²) in [5, 5.41) is 1.41. The molecule has 1 aromatic carbocycles. The number of ether oxygens (including phenoxy) is 1. The van der Waals surface area contributed by atoms with Crippen LogP contribution in [0.1, 0.15) is 49.9 Å². The average Bonchev–Trinajstić information content (AvgIpc) is 3.00. The second-order valence-electron chi connectivity index (χ2n) is 8.09. The van der Waals surface area contributed by atoms with Gasteiger partial charge in [-0.05, 0) is 55.6 Å². The molecule has 25 heavy (non-hydrogen) atoms. The molecule has 4 nitrogen and oxygen atoms in total.